The zero-order chi connectivity index (χ0) is 22.2. The number of hydrogen-bond donors (Lipinski definition) is 1. The summed E-state index contributed by atoms with van der Waals surface area (Å²) in [4.78, 5) is 29.0. The van der Waals surface area contributed by atoms with Crippen LogP contribution in [-0.2, 0) is 10.0 Å². The Balaban J connectivity index is 1.42. The predicted octanol–water partition coefficient (Wildman–Crippen LogP) is 3.03. The first-order valence-corrected chi connectivity index (χ1v) is 12.1. The number of rotatable bonds is 5. The fourth-order valence-corrected chi connectivity index (χ4v) is 5.15. The quantitative estimate of drug-likeness (QED) is 0.710. The summed E-state index contributed by atoms with van der Waals surface area (Å²) in [5.74, 6) is -0.504. The minimum absolute atomic E-state index is 0.0111. The van der Waals surface area contributed by atoms with E-state index in [-0.39, 0.29) is 27.8 Å². The van der Waals surface area contributed by atoms with Crippen LogP contribution in [0.3, 0.4) is 0 Å². The Hall–Kier alpha value is -2.13. The molecule has 0 spiro atoms. The summed E-state index contributed by atoms with van der Waals surface area (Å²) in [5, 5.41) is 0.526. The Labute approximate surface area is 191 Å². The van der Waals surface area contributed by atoms with E-state index in [1.165, 1.54) is 12.1 Å². The number of piperazine rings is 1. The number of nitrogens with one attached hydrogen (secondary N) is 1. The number of amides is 2. The molecule has 0 unspecified atom stereocenters. The highest BCUT2D eigenvalue weighted by atomic mass is 35.5. The van der Waals surface area contributed by atoms with Crippen LogP contribution in [0.5, 0.6) is 0 Å². The lowest BCUT2D eigenvalue weighted by atomic mass is 10.1. The summed E-state index contributed by atoms with van der Waals surface area (Å²) in [7, 11) is -3.64. The van der Waals surface area contributed by atoms with Crippen molar-refractivity contribution in [3.05, 3.63) is 63.6 Å². The van der Waals surface area contributed by atoms with Crippen molar-refractivity contribution in [3.8, 4) is 0 Å². The van der Waals surface area contributed by atoms with Gasteiger partial charge in [-0.3, -0.25) is 9.59 Å². The zero-order valence-electron chi connectivity index (χ0n) is 16.6. The van der Waals surface area contributed by atoms with E-state index in [1.807, 2.05) is 0 Å². The Bertz CT molecular complexity index is 1130. The highest BCUT2D eigenvalue weighted by Gasteiger charge is 2.30. The van der Waals surface area contributed by atoms with Gasteiger partial charge in [0, 0.05) is 37.8 Å². The molecule has 0 aromatic heterocycles. The molecule has 2 aromatic rings. The molecule has 2 amide bonds. The highest BCUT2D eigenvalue weighted by Crippen LogP contribution is 2.27. The van der Waals surface area contributed by atoms with Gasteiger partial charge in [-0.05, 0) is 43.2 Å². The average molecular weight is 482 g/mol. The molecule has 4 rings (SSSR count). The molecule has 1 N–H and O–H groups in total. The molecule has 2 aromatic carbocycles. The molecule has 2 aliphatic rings. The maximum atomic E-state index is 12.9. The Morgan fingerprint density at radius 1 is 0.903 bits per heavy atom. The minimum Gasteiger partial charge on any atom is -0.335 e. The van der Waals surface area contributed by atoms with Crippen molar-refractivity contribution in [2.24, 2.45) is 0 Å². The smallest absolute Gasteiger partial charge is 0.255 e. The lowest BCUT2D eigenvalue weighted by Crippen LogP contribution is -2.50. The Morgan fingerprint density at radius 3 is 2.16 bits per heavy atom. The van der Waals surface area contributed by atoms with E-state index in [4.69, 9.17) is 23.2 Å². The van der Waals surface area contributed by atoms with Gasteiger partial charge in [0.15, 0.2) is 0 Å². The number of halogens is 2. The van der Waals surface area contributed by atoms with Crippen molar-refractivity contribution in [1.82, 2.24) is 14.5 Å². The van der Waals surface area contributed by atoms with Gasteiger partial charge in [0.25, 0.3) is 11.8 Å². The number of benzene rings is 2. The number of nitrogens with zero attached hydrogens (tertiary/aromatic N) is 2. The van der Waals surface area contributed by atoms with Crippen molar-refractivity contribution in [3.63, 3.8) is 0 Å². The maximum absolute atomic E-state index is 12.9. The van der Waals surface area contributed by atoms with Gasteiger partial charge in [0.1, 0.15) is 0 Å². The van der Waals surface area contributed by atoms with E-state index in [1.54, 1.807) is 40.1 Å². The second-order valence-corrected chi connectivity index (χ2v) is 10.1. The minimum atomic E-state index is -3.64. The highest BCUT2D eigenvalue weighted by molar-refractivity contribution is 7.89. The topological polar surface area (TPSA) is 86.8 Å². The molecule has 1 heterocycles. The lowest BCUT2D eigenvalue weighted by Gasteiger charge is -2.35. The van der Waals surface area contributed by atoms with Gasteiger partial charge < -0.3 is 9.80 Å². The molecule has 0 bridgehead atoms. The second kappa shape index (κ2) is 8.78. The van der Waals surface area contributed by atoms with Crippen LogP contribution in [0, 0.1) is 0 Å². The third-order valence-corrected chi connectivity index (χ3v) is 7.66. The number of sulfonamides is 1. The van der Waals surface area contributed by atoms with Crippen LogP contribution in [0.4, 0.5) is 0 Å². The Morgan fingerprint density at radius 2 is 1.52 bits per heavy atom. The van der Waals surface area contributed by atoms with Crippen molar-refractivity contribution >= 4 is 45.0 Å². The van der Waals surface area contributed by atoms with Gasteiger partial charge in [-0.2, -0.15) is 0 Å². The molecule has 1 saturated heterocycles. The summed E-state index contributed by atoms with van der Waals surface area (Å²) in [5.41, 5.74) is 0.631. The van der Waals surface area contributed by atoms with E-state index in [0.29, 0.717) is 42.3 Å². The van der Waals surface area contributed by atoms with Gasteiger partial charge in [-0.1, -0.05) is 35.3 Å². The zero-order valence-corrected chi connectivity index (χ0v) is 18.9. The maximum Gasteiger partial charge on any atom is 0.255 e. The lowest BCUT2D eigenvalue weighted by molar-refractivity contribution is 0.0535. The van der Waals surface area contributed by atoms with Gasteiger partial charge in [-0.25, -0.2) is 13.1 Å². The first kappa shape index (κ1) is 22.1. The normalized spacial score (nSPS) is 17.0. The second-order valence-electron chi connectivity index (χ2n) is 7.61. The van der Waals surface area contributed by atoms with Crippen molar-refractivity contribution in [1.29, 1.82) is 0 Å². The summed E-state index contributed by atoms with van der Waals surface area (Å²) in [6.07, 6.45) is 1.67. The number of carbonyl (C=O) groups excluding carboxylic acids is 2. The van der Waals surface area contributed by atoms with Crippen LogP contribution in [-0.4, -0.2) is 62.3 Å². The molecule has 1 aliphatic heterocycles. The molecule has 2 fully saturated rings. The van der Waals surface area contributed by atoms with Crippen molar-refractivity contribution in [2.45, 2.75) is 23.8 Å². The summed E-state index contributed by atoms with van der Waals surface area (Å²) in [6.45, 7) is 1.35. The summed E-state index contributed by atoms with van der Waals surface area (Å²) >= 11 is 12.2. The average Bonchev–Trinajstić information content (AvgIpc) is 3.58. The van der Waals surface area contributed by atoms with Crippen molar-refractivity contribution in [2.75, 3.05) is 26.2 Å². The fourth-order valence-electron chi connectivity index (χ4n) is 3.42. The van der Waals surface area contributed by atoms with Crippen LogP contribution >= 0.6 is 23.2 Å². The standard InChI is InChI=1S/C21H21Cl2N3O4S/c22-18-6-2-5-17(19(18)23)21(28)26-11-9-25(10-12-26)20(27)14-3-1-4-16(13-14)31(29,30)24-15-7-8-15/h1-6,13,15,24H,7-12H2. The first-order valence-electron chi connectivity index (χ1n) is 9.91. The first-order chi connectivity index (χ1) is 14.8. The van der Waals surface area contributed by atoms with Gasteiger partial charge in [-0.15, -0.1) is 0 Å². The SMILES string of the molecule is O=C(c1cccc(S(=O)(=O)NC2CC2)c1)N1CCN(C(=O)c2cccc(Cl)c2Cl)CC1. The van der Waals surface area contributed by atoms with E-state index in [0.717, 1.165) is 12.8 Å². The van der Waals surface area contributed by atoms with E-state index in [9.17, 15) is 18.0 Å². The van der Waals surface area contributed by atoms with Crippen LogP contribution in [0.25, 0.3) is 0 Å². The number of hydrogen-bond acceptors (Lipinski definition) is 4. The molecule has 164 valence electrons. The van der Waals surface area contributed by atoms with E-state index >= 15 is 0 Å². The van der Waals surface area contributed by atoms with Gasteiger partial charge in [0.05, 0.1) is 20.5 Å². The third kappa shape index (κ3) is 4.87. The predicted molar refractivity (Wildman–Crippen MR) is 118 cm³/mol. The molecule has 7 nitrogen and oxygen atoms in total. The largest absolute Gasteiger partial charge is 0.335 e. The molecule has 0 radical (unpaired) electrons. The number of carbonyl (C=O) groups is 2. The molecule has 0 atom stereocenters. The molecule has 31 heavy (non-hydrogen) atoms. The fraction of sp³-hybridized carbons (Fsp3) is 0.333. The van der Waals surface area contributed by atoms with E-state index < -0.39 is 10.0 Å². The molecular formula is C21H21Cl2N3O4S. The summed E-state index contributed by atoms with van der Waals surface area (Å²) in [6, 6.07) is 10.9. The van der Waals surface area contributed by atoms with E-state index in [2.05, 4.69) is 4.72 Å². The van der Waals surface area contributed by atoms with Crippen LogP contribution in [0.2, 0.25) is 10.0 Å². The van der Waals surface area contributed by atoms with Crippen molar-refractivity contribution < 1.29 is 18.0 Å². The molecular weight excluding hydrogens is 461 g/mol. The monoisotopic (exact) mass is 481 g/mol. The van der Waals surface area contributed by atoms with Crippen LogP contribution < -0.4 is 4.72 Å². The molecule has 1 saturated carbocycles. The third-order valence-electron chi connectivity index (χ3n) is 5.33. The Kier molecular flexibility index (Phi) is 6.25. The van der Waals surface area contributed by atoms with Gasteiger partial charge in [0.2, 0.25) is 10.0 Å². The molecule has 10 heteroatoms. The van der Waals surface area contributed by atoms with Crippen LogP contribution in [0.1, 0.15) is 33.6 Å². The van der Waals surface area contributed by atoms with Crippen LogP contribution in [0.15, 0.2) is 47.4 Å². The summed E-state index contributed by atoms with van der Waals surface area (Å²) < 4.78 is 27.5. The molecule has 1 aliphatic carbocycles. The van der Waals surface area contributed by atoms with Gasteiger partial charge >= 0.3 is 0 Å².